The Morgan fingerprint density at radius 2 is 2.16 bits per heavy atom. The van der Waals surface area contributed by atoms with Crippen molar-refractivity contribution in [2.24, 2.45) is 7.05 Å². The number of rotatable bonds is 3. The van der Waals surface area contributed by atoms with Crippen LogP contribution in [0.3, 0.4) is 0 Å². The van der Waals surface area contributed by atoms with E-state index in [9.17, 15) is 0 Å². The highest BCUT2D eigenvalue weighted by Crippen LogP contribution is 2.31. The molecular weight excluding hydrogens is 238 g/mol. The Kier molecular flexibility index (Phi) is 3.03. The molecule has 4 nitrogen and oxygen atoms in total. The molecule has 0 fully saturated rings. The molecule has 100 valence electrons. The van der Waals surface area contributed by atoms with Gasteiger partial charge in [-0.1, -0.05) is 18.2 Å². The molecule has 2 aromatic rings. The Balaban J connectivity index is 1.74. The maximum absolute atomic E-state index is 5.68. The molecule has 2 heterocycles. The van der Waals surface area contributed by atoms with Gasteiger partial charge in [-0.05, 0) is 19.9 Å². The SMILES string of the molecule is Cc1nn(C)c(C)c1CNC1COc2ccccc21. The van der Waals surface area contributed by atoms with Gasteiger partial charge >= 0.3 is 0 Å². The lowest BCUT2D eigenvalue weighted by Gasteiger charge is -2.11. The minimum atomic E-state index is 0.273. The van der Waals surface area contributed by atoms with Gasteiger partial charge in [0.05, 0.1) is 11.7 Å². The molecule has 0 radical (unpaired) electrons. The normalized spacial score (nSPS) is 17.3. The summed E-state index contributed by atoms with van der Waals surface area (Å²) in [6.07, 6.45) is 0. The fourth-order valence-electron chi connectivity index (χ4n) is 2.63. The lowest BCUT2D eigenvalue weighted by atomic mass is 10.1. The Morgan fingerprint density at radius 1 is 1.37 bits per heavy atom. The van der Waals surface area contributed by atoms with E-state index in [1.54, 1.807) is 0 Å². The van der Waals surface area contributed by atoms with Crippen LogP contribution in [0.5, 0.6) is 5.75 Å². The van der Waals surface area contributed by atoms with Gasteiger partial charge in [0.1, 0.15) is 12.4 Å². The third-order valence-corrected chi connectivity index (χ3v) is 3.88. The van der Waals surface area contributed by atoms with Gasteiger partial charge < -0.3 is 10.1 Å². The third kappa shape index (κ3) is 2.12. The van der Waals surface area contributed by atoms with E-state index in [4.69, 9.17) is 4.74 Å². The Morgan fingerprint density at radius 3 is 2.89 bits per heavy atom. The molecule has 0 bridgehead atoms. The quantitative estimate of drug-likeness (QED) is 0.916. The van der Waals surface area contributed by atoms with Crippen molar-refractivity contribution in [2.75, 3.05) is 6.61 Å². The number of fused-ring (bicyclic) bond motifs is 1. The van der Waals surface area contributed by atoms with Gasteiger partial charge in [0.25, 0.3) is 0 Å². The maximum Gasteiger partial charge on any atom is 0.124 e. The summed E-state index contributed by atoms with van der Waals surface area (Å²) in [4.78, 5) is 0. The predicted octanol–water partition coefficient (Wildman–Crippen LogP) is 2.26. The van der Waals surface area contributed by atoms with E-state index < -0.39 is 0 Å². The first kappa shape index (κ1) is 12.2. The van der Waals surface area contributed by atoms with Crippen LogP contribution >= 0.6 is 0 Å². The van der Waals surface area contributed by atoms with Crippen molar-refractivity contribution in [2.45, 2.75) is 26.4 Å². The second-order valence-electron chi connectivity index (χ2n) is 5.06. The van der Waals surface area contributed by atoms with E-state index in [0.29, 0.717) is 6.61 Å². The van der Waals surface area contributed by atoms with Gasteiger partial charge in [-0.15, -0.1) is 0 Å². The van der Waals surface area contributed by atoms with Gasteiger partial charge in [0.15, 0.2) is 0 Å². The molecule has 1 N–H and O–H groups in total. The molecule has 0 amide bonds. The number of hydrogen-bond donors (Lipinski definition) is 1. The summed E-state index contributed by atoms with van der Waals surface area (Å²) in [6.45, 7) is 5.70. The molecule has 1 aliphatic heterocycles. The maximum atomic E-state index is 5.68. The number of nitrogens with zero attached hydrogens (tertiary/aromatic N) is 2. The molecule has 19 heavy (non-hydrogen) atoms. The number of para-hydroxylation sites is 1. The van der Waals surface area contributed by atoms with Crippen LogP contribution in [-0.2, 0) is 13.6 Å². The summed E-state index contributed by atoms with van der Waals surface area (Å²) in [5, 5.41) is 8.02. The summed E-state index contributed by atoms with van der Waals surface area (Å²) in [5.41, 5.74) is 4.85. The highest BCUT2D eigenvalue weighted by molar-refractivity contribution is 5.39. The summed E-state index contributed by atoms with van der Waals surface area (Å²) in [6, 6.07) is 8.50. The largest absolute Gasteiger partial charge is 0.491 e. The molecule has 0 saturated carbocycles. The highest BCUT2D eigenvalue weighted by Gasteiger charge is 2.23. The zero-order valence-electron chi connectivity index (χ0n) is 11.6. The number of aryl methyl sites for hydroxylation is 2. The second-order valence-corrected chi connectivity index (χ2v) is 5.06. The van der Waals surface area contributed by atoms with E-state index in [2.05, 4.69) is 36.4 Å². The second kappa shape index (κ2) is 4.70. The summed E-state index contributed by atoms with van der Waals surface area (Å²) < 4.78 is 7.62. The Hall–Kier alpha value is -1.81. The monoisotopic (exact) mass is 257 g/mol. The van der Waals surface area contributed by atoms with E-state index in [0.717, 1.165) is 18.0 Å². The van der Waals surface area contributed by atoms with Gasteiger partial charge in [-0.3, -0.25) is 4.68 Å². The molecule has 4 heteroatoms. The van der Waals surface area contributed by atoms with E-state index >= 15 is 0 Å². The van der Waals surface area contributed by atoms with Crippen molar-refractivity contribution in [3.05, 3.63) is 46.8 Å². The Labute approximate surface area is 113 Å². The summed E-state index contributed by atoms with van der Waals surface area (Å²) in [5.74, 6) is 1.000. The molecule has 0 spiro atoms. The van der Waals surface area contributed by atoms with Crippen LogP contribution in [-0.4, -0.2) is 16.4 Å². The zero-order chi connectivity index (χ0) is 13.4. The van der Waals surface area contributed by atoms with Crippen molar-refractivity contribution in [1.82, 2.24) is 15.1 Å². The van der Waals surface area contributed by atoms with Crippen LogP contribution < -0.4 is 10.1 Å². The smallest absolute Gasteiger partial charge is 0.124 e. The van der Waals surface area contributed by atoms with Gasteiger partial charge in [0, 0.05) is 30.4 Å². The van der Waals surface area contributed by atoms with Crippen LogP contribution in [0.25, 0.3) is 0 Å². The van der Waals surface area contributed by atoms with Crippen molar-refractivity contribution in [1.29, 1.82) is 0 Å². The van der Waals surface area contributed by atoms with Crippen molar-refractivity contribution >= 4 is 0 Å². The molecule has 1 atom stereocenters. The molecule has 1 aromatic carbocycles. The first-order valence-electron chi connectivity index (χ1n) is 6.61. The zero-order valence-corrected chi connectivity index (χ0v) is 11.6. The number of benzene rings is 1. The van der Waals surface area contributed by atoms with E-state index in [1.165, 1.54) is 16.8 Å². The minimum absolute atomic E-state index is 0.273. The number of nitrogens with one attached hydrogen (secondary N) is 1. The highest BCUT2D eigenvalue weighted by atomic mass is 16.5. The fourth-order valence-corrected chi connectivity index (χ4v) is 2.63. The van der Waals surface area contributed by atoms with Crippen LogP contribution in [0, 0.1) is 13.8 Å². The minimum Gasteiger partial charge on any atom is -0.491 e. The molecular formula is C15H19N3O. The molecule has 1 aromatic heterocycles. The van der Waals surface area contributed by atoms with E-state index in [1.807, 2.05) is 23.9 Å². The summed E-state index contributed by atoms with van der Waals surface area (Å²) >= 11 is 0. The van der Waals surface area contributed by atoms with Crippen molar-refractivity contribution < 1.29 is 4.74 Å². The molecule has 1 aliphatic rings. The van der Waals surface area contributed by atoms with Crippen molar-refractivity contribution in [3.8, 4) is 5.75 Å². The fraction of sp³-hybridized carbons (Fsp3) is 0.400. The van der Waals surface area contributed by atoms with Gasteiger partial charge in [0.2, 0.25) is 0 Å². The third-order valence-electron chi connectivity index (χ3n) is 3.88. The van der Waals surface area contributed by atoms with Crippen molar-refractivity contribution in [3.63, 3.8) is 0 Å². The molecule has 1 unspecified atom stereocenters. The first-order chi connectivity index (χ1) is 9.16. The first-order valence-corrected chi connectivity index (χ1v) is 6.61. The molecule has 0 aliphatic carbocycles. The van der Waals surface area contributed by atoms with Gasteiger partial charge in [-0.25, -0.2) is 0 Å². The van der Waals surface area contributed by atoms with Crippen LogP contribution in [0.4, 0.5) is 0 Å². The Bertz CT molecular complexity index is 603. The predicted molar refractivity (Wildman–Crippen MR) is 74.2 cm³/mol. The average molecular weight is 257 g/mol. The number of ether oxygens (including phenoxy) is 1. The standard InChI is InChI=1S/C15H19N3O/c1-10-13(11(2)18(3)17-10)8-16-14-9-19-15-7-5-4-6-12(14)15/h4-7,14,16H,8-9H2,1-3H3. The summed E-state index contributed by atoms with van der Waals surface area (Å²) in [7, 11) is 1.99. The van der Waals surface area contributed by atoms with Crippen LogP contribution in [0.2, 0.25) is 0 Å². The molecule has 0 saturated heterocycles. The topological polar surface area (TPSA) is 39.1 Å². The van der Waals surface area contributed by atoms with E-state index in [-0.39, 0.29) is 6.04 Å². The average Bonchev–Trinajstić information content (AvgIpc) is 2.91. The van der Waals surface area contributed by atoms with Crippen LogP contribution in [0.1, 0.15) is 28.6 Å². The lowest BCUT2D eigenvalue weighted by Crippen LogP contribution is -2.22. The van der Waals surface area contributed by atoms with Gasteiger partial charge in [-0.2, -0.15) is 5.10 Å². The van der Waals surface area contributed by atoms with Crippen LogP contribution in [0.15, 0.2) is 24.3 Å². The number of hydrogen-bond acceptors (Lipinski definition) is 3. The number of aromatic nitrogens is 2. The molecule has 3 rings (SSSR count). The lowest BCUT2D eigenvalue weighted by molar-refractivity contribution is 0.310.